The van der Waals surface area contributed by atoms with E-state index in [1.165, 1.54) is 23.9 Å². The lowest BCUT2D eigenvalue weighted by Gasteiger charge is -2.06. The van der Waals surface area contributed by atoms with Crippen molar-refractivity contribution >= 4 is 17.4 Å². The maximum absolute atomic E-state index is 10.9. The quantitative estimate of drug-likeness (QED) is 0.241. The minimum Gasteiger partial charge on any atom is -0.411 e. The zero-order chi connectivity index (χ0) is 21.1. The maximum Gasteiger partial charge on any atom is 0.283 e. The van der Waals surface area contributed by atoms with Crippen molar-refractivity contribution in [2.45, 2.75) is 30.5 Å². The lowest BCUT2D eigenvalue weighted by Crippen LogP contribution is -1.97. The fourth-order valence-corrected chi connectivity index (χ4v) is 3.54. The summed E-state index contributed by atoms with van der Waals surface area (Å²) in [7, 11) is 0. The van der Waals surface area contributed by atoms with E-state index in [0.717, 1.165) is 16.8 Å². The van der Waals surface area contributed by atoms with Crippen LogP contribution in [0.25, 0.3) is 22.8 Å². The Morgan fingerprint density at radius 1 is 1.07 bits per heavy atom. The average Bonchev–Trinajstić information content (AvgIpc) is 3.22. The number of non-ortho nitro benzene ring substituents is 1. The predicted molar refractivity (Wildman–Crippen MR) is 112 cm³/mol. The van der Waals surface area contributed by atoms with Crippen LogP contribution in [0.4, 0.5) is 5.69 Å². The molecule has 2 aromatic heterocycles. The molecule has 0 atom stereocenters. The van der Waals surface area contributed by atoms with Gasteiger partial charge in [-0.1, -0.05) is 25.1 Å². The van der Waals surface area contributed by atoms with Crippen molar-refractivity contribution in [1.82, 2.24) is 20.2 Å². The molecule has 150 valence electrons. The molecule has 0 fully saturated rings. The third-order valence-electron chi connectivity index (χ3n) is 4.43. The molecule has 0 radical (unpaired) electrons. The fourth-order valence-electron chi connectivity index (χ4n) is 2.83. The van der Waals surface area contributed by atoms with Gasteiger partial charge in [0.15, 0.2) is 5.82 Å². The SMILES string of the molecule is CCc1cc(Sc2nnc(-c3ccccc3C)o2)nc(-c2ccc([N+](=O)[O-])cc2)n1. The zero-order valence-corrected chi connectivity index (χ0v) is 17.1. The summed E-state index contributed by atoms with van der Waals surface area (Å²) in [4.78, 5) is 19.6. The molecule has 8 nitrogen and oxygen atoms in total. The number of aryl methyl sites for hydroxylation is 2. The molecule has 0 amide bonds. The summed E-state index contributed by atoms with van der Waals surface area (Å²) in [5, 5.41) is 20.2. The van der Waals surface area contributed by atoms with Gasteiger partial charge in [-0.25, -0.2) is 9.97 Å². The van der Waals surface area contributed by atoms with Gasteiger partial charge in [0.1, 0.15) is 5.03 Å². The van der Waals surface area contributed by atoms with Crippen LogP contribution in [-0.4, -0.2) is 25.1 Å². The van der Waals surface area contributed by atoms with Gasteiger partial charge in [0, 0.05) is 29.0 Å². The Bertz CT molecular complexity index is 1210. The molecule has 2 heterocycles. The number of rotatable bonds is 6. The van der Waals surface area contributed by atoms with Crippen molar-refractivity contribution in [3.8, 4) is 22.8 Å². The third kappa shape index (κ3) is 4.20. The van der Waals surface area contributed by atoms with Crippen LogP contribution in [0, 0.1) is 17.0 Å². The largest absolute Gasteiger partial charge is 0.411 e. The number of nitrogens with zero attached hydrogens (tertiary/aromatic N) is 5. The van der Waals surface area contributed by atoms with Crippen LogP contribution in [0.1, 0.15) is 18.2 Å². The molecule has 0 aliphatic carbocycles. The van der Waals surface area contributed by atoms with E-state index in [1.54, 1.807) is 12.1 Å². The number of hydrogen-bond donors (Lipinski definition) is 0. The van der Waals surface area contributed by atoms with Crippen molar-refractivity contribution < 1.29 is 9.34 Å². The summed E-state index contributed by atoms with van der Waals surface area (Å²) in [5.41, 5.74) is 3.51. The summed E-state index contributed by atoms with van der Waals surface area (Å²) in [5.74, 6) is 0.946. The Morgan fingerprint density at radius 2 is 1.83 bits per heavy atom. The van der Waals surface area contributed by atoms with Crippen LogP contribution >= 0.6 is 11.8 Å². The number of nitro benzene ring substituents is 1. The zero-order valence-electron chi connectivity index (χ0n) is 16.3. The highest BCUT2D eigenvalue weighted by atomic mass is 32.2. The second-order valence-corrected chi connectivity index (χ2v) is 7.44. The van der Waals surface area contributed by atoms with Crippen LogP contribution in [0.15, 0.2) is 69.3 Å². The van der Waals surface area contributed by atoms with Gasteiger partial charge >= 0.3 is 0 Å². The first kappa shape index (κ1) is 19.7. The smallest absolute Gasteiger partial charge is 0.283 e. The van der Waals surface area contributed by atoms with Gasteiger partial charge in [-0.3, -0.25) is 10.1 Å². The van der Waals surface area contributed by atoms with E-state index in [-0.39, 0.29) is 5.69 Å². The number of nitro groups is 1. The number of aromatic nitrogens is 4. The number of hydrogen-bond acceptors (Lipinski definition) is 8. The van der Waals surface area contributed by atoms with Crippen molar-refractivity contribution in [3.05, 3.63) is 76.0 Å². The Balaban J connectivity index is 1.63. The van der Waals surface area contributed by atoms with E-state index in [0.29, 0.717) is 33.9 Å². The van der Waals surface area contributed by atoms with Gasteiger partial charge < -0.3 is 4.42 Å². The highest BCUT2D eigenvalue weighted by Gasteiger charge is 2.15. The Labute approximate surface area is 176 Å². The lowest BCUT2D eigenvalue weighted by atomic mass is 10.1. The minimum atomic E-state index is -0.435. The lowest BCUT2D eigenvalue weighted by molar-refractivity contribution is -0.384. The molecule has 4 aromatic rings. The van der Waals surface area contributed by atoms with Crippen LogP contribution in [0.5, 0.6) is 0 Å². The average molecular weight is 419 g/mol. The van der Waals surface area contributed by atoms with Crippen molar-refractivity contribution in [3.63, 3.8) is 0 Å². The van der Waals surface area contributed by atoms with Crippen LogP contribution in [-0.2, 0) is 6.42 Å². The first-order valence-electron chi connectivity index (χ1n) is 9.23. The molecule has 4 rings (SSSR count). The van der Waals surface area contributed by atoms with Crippen molar-refractivity contribution in [2.24, 2.45) is 0 Å². The van der Waals surface area contributed by atoms with E-state index in [2.05, 4.69) is 20.2 Å². The summed E-state index contributed by atoms with van der Waals surface area (Å²) >= 11 is 1.26. The molecule has 0 aliphatic heterocycles. The molecule has 0 bridgehead atoms. The molecule has 0 unspecified atom stereocenters. The van der Waals surface area contributed by atoms with Gasteiger partial charge in [-0.2, -0.15) is 0 Å². The summed E-state index contributed by atoms with van der Waals surface area (Å²) in [6.45, 7) is 3.99. The second-order valence-electron chi connectivity index (χ2n) is 6.47. The highest BCUT2D eigenvalue weighted by Crippen LogP contribution is 2.31. The van der Waals surface area contributed by atoms with Gasteiger partial charge in [-0.15, -0.1) is 10.2 Å². The highest BCUT2D eigenvalue weighted by molar-refractivity contribution is 7.99. The Morgan fingerprint density at radius 3 is 2.53 bits per heavy atom. The fraction of sp³-hybridized carbons (Fsp3) is 0.143. The van der Waals surface area contributed by atoms with E-state index in [4.69, 9.17) is 4.42 Å². The van der Waals surface area contributed by atoms with Crippen LogP contribution < -0.4 is 0 Å². The maximum atomic E-state index is 10.9. The van der Waals surface area contributed by atoms with E-state index in [1.807, 2.05) is 44.2 Å². The molecule has 0 spiro atoms. The molecule has 0 saturated carbocycles. The van der Waals surface area contributed by atoms with Gasteiger partial charge in [-0.05, 0) is 54.9 Å². The summed E-state index contributed by atoms with van der Waals surface area (Å²) in [6.07, 6.45) is 0.717. The van der Waals surface area contributed by atoms with Crippen LogP contribution in [0.2, 0.25) is 0 Å². The Kier molecular flexibility index (Phi) is 5.53. The minimum absolute atomic E-state index is 0.0228. The van der Waals surface area contributed by atoms with Gasteiger partial charge in [0.2, 0.25) is 5.89 Å². The number of benzene rings is 2. The van der Waals surface area contributed by atoms with Gasteiger partial charge in [0.25, 0.3) is 10.9 Å². The van der Waals surface area contributed by atoms with Gasteiger partial charge in [0.05, 0.1) is 4.92 Å². The molecule has 0 N–H and O–H groups in total. The Hall–Kier alpha value is -3.59. The first-order chi connectivity index (χ1) is 14.5. The van der Waals surface area contributed by atoms with Crippen LogP contribution in [0.3, 0.4) is 0 Å². The van der Waals surface area contributed by atoms with E-state index >= 15 is 0 Å². The topological polar surface area (TPSA) is 108 Å². The monoisotopic (exact) mass is 419 g/mol. The molecule has 2 aromatic carbocycles. The molecule has 30 heavy (non-hydrogen) atoms. The molecular formula is C21H17N5O3S. The van der Waals surface area contributed by atoms with Crippen molar-refractivity contribution in [1.29, 1.82) is 0 Å². The summed E-state index contributed by atoms with van der Waals surface area (Å²) < 4.78 is 5.82. The first-order valence-corrected chi connectivity index (χ1v) is 10.1. The predicted octanol–water partition coefficient (Wildman–Crippen LogP) is 5.12. The molecule has 9 heteroatoms. The third-order valence-corrected chi connectivity index (χ3v) is 5.19. The van der Waals surface area contributed by atoms with Crippen molar-refractivity contribution in [2.75, 3.05) is 0 Å². The van der Waals surface area contributed by atoms with E-state index in [9.17, 15) is 10.1 Å². The standard InChI is InChI=1S/C21H17N5O3S/c1-3-15-12-18(23-19(22-15)14-8-10-16(11-9-14)26(27)28)30-21-25-24-20(29-21)17-7-5-4-6-13(17)2/h4-12H,3H2,1-2H3. The van der Waals surface area contributed by atoms with E-state index < -0.39 is 4.92 Å². The normalized spacial score (nSPS) is 10.9. The molecule has 0 saturated heterocycles. The summed E-state index contributed by atoms with van der Waals surface area (Å²) in [6, 6.07) is 15.8. The molecule has 0 aliphatic rings. The second kappa shape index (κ2) is 8.42. The molecular weight excluding hydrogens is 402 g/mol.